The monoisotopic (exact) mass is 283 g/mol. The van der Waals surface area contributed by atoms with Gasteiger partial charge in [0, 0.05) is 5.02 Å². The summed E-state index contributed by atoms with van der Waals surface area (Å²) in [5, 5.41) is 11.3. The first kappa shape index (κ1) is 13.0. The molecule has 1 amide bonds. The largest absolute Gasteiger partial charge is 0.477 e. The second-order valence-corrected chi connectivity index (χ2v) is 3.95. The number of hydrogen-bond donors (Lipinski definition) is 3. The maximum absolute atomic E-state index is 13.4. The van der Waals surface area contributed by atoms with Gasteiger partial charge in [0.2, 0.25) is 0 Å². The number of benzene rings is 1. The third kappa shape index (κ3) is 2.71. The van der Waals surface area contributed by atoms with Gasteiger partial charge in [-0.3, -0.25) is 4.79 Å². The molecule has 0 fully saturated rings. The van der Waals surface area contributed by atoms with Crippen molar-refractivity contribution in [2.45, 2.75) is 0 Å². The molecule has 0 aliphatic carbocycles. The van der Waals surface area contributed by atoms with Crippen LogP contribution in [0, 0.1) is 5.82 Å². The highest BCUT2D eigenvalue weighted by molar-refractivity contribution is 6.31. The first-order valence-electron chi connectivity index (χ1n) is 5.02. The molecule has 19 heavy (non-hydrogen) atoms. The average molecular weight is 284 g/mol. The van der Waals surface area contributed by atoms with Gasteiger partial charge in [-0.05, 0) is 18.2 Å². The van der Waals surface area contributed by atoms with Gasteiger partial charge in [0.15, 0.2) is 11.4 Å². The summed E-state index contributed by atoms with van der Waals surface area (Å²) in [6.07, 6.45) is 1.06. The summed E-state index contributed by atoms with van der Waals surface area (Å²) in [7, 11) is 0. The van der Waals surface area contributed by atoms with Crippen LogP contribution in [0.3, 0.4) is 0 Å². The number of hydrogen-bond acceptors (Lipinski definition) is 3. The number of imidazole rings is 1. The van der Waals surface area contributed by atoms with E-state index in [2.05, 4.69) is 15.3 Å². The van der Waals surface area contributed by atoms with E-state index in [9.17, 15) is 14.0 Å². The lowest BCUT2D eigenvalue weighted by atomic mass is 10.2. The molecule has 0 bridgehead atoms. The Morgan fingerprint density at radius 1 is 1.42 bits per heavy atom. The van der Waals surface area contributed by atoms with Crippen molar-refractivity contribution in [3.05, 3.63) is 46.8 Å². The van der Waals surface area contributed by atoms with Crippen LogP contribution in [0.25, 0.3) is 0 Å². The van der Waals surface area contributed by atoms with Crippen molar-refractivity contribution in [2.75, 3.05) is 5.32 Å². The van der Waals surface area contributed by atoms with Crippen LogP contribution in [0.15, 0.2) is 24.5 Å². The van der Waals surface area contributed by atoms with Crippen molar-refractivity contribution in [1.82, 2.24) is 9.97 Å². The number of carbonyl (C=O) groups is 2. The number of nitrogens with zero attached hydrogens (tertiary/aromatic N) is 1. The van der Waals surface area contributed by atoms with Crippen LogP contribution < -0.4 is 5.32 Å². The molecule has 0 unspecified atom stereocenters. The van der Waals surface area contributed by atoms with Crippen LogP contribution in [0.4, 0.5) is 10.1 Å². The summed E-state index contributed by atoms with van der Waals surface area (Å²) in [5.74, 6) is -2.88. The summed E-state index contributed by atoms with van der Waals surface area (Å²) < 4.78 is 13.4. The lowest BCUT2D eigenvalue weighted by Gasteiger charge is -2.05. The fraction of sp³-hybridized carbons (Fsp3) is 0. The zero-order chi connectivity index (χ0) is 14.0. The number of aromatic nitrogens is 2. The number of carboxylic acids is 1. The summed E-state index contributed by atoms with van der Waals surface area (Å²) in [6, 6.07) is 3.62. The minimum absolute atomic E-state index is 0.156. The molecule has 2 rings (SSSR count). The molecule has 1 aromatic carbocycles. The minimum atomic E-state index is -1.34. The molecule has 0 aliphatic heterocycles. The van der Waals surface area contributed by atoms with E-state index < -0.39 is 17.7 Å². The average Bonchev–Trinajstić information content (AvgIpc) is 2.83. The van der Waals surface area contributed by atoms with Crippen molar-refractivity contribution in [2.24, 2.45) is 0 Å². The van der Waals surface area contributed by atoms with E-state index in [1.807, 2.05) is 0 Å². The first-order valence-corrected chi connectivity index (χ1v) is 5.40. The first-order chi connectivity index (χ1) is 8.99. The van der Waals surface area contributed by atoms with Gasteiger partial charge in [-0.15, -0.1) is 0 Å². The number of halogens is 2. The van der Waals surface area contributed by atoms with Gasteiger partial charge in [0.1, 0.15) is 5.82 Å². The van der Waals surface area contributed by atoms with E-state index in [1.54, 1.807) is 0 Å². The summed E-state index contributed by atoms with van der Waals surface area (Å²) >= 11 is 5.67. The normalized spacial score (nSPS) is 10.2. The number of rotatable bonds is 3. The van der Waals surface area contributed by atoms with Gasteiger partial charge in [-0.25, -0.2) is 14.2 Å². The smallest absolute Gasteiger partial charge is 0.354 e. The second kappa shape index (κ2) is 5.07. The Balaban J connectivity index is 2.28. The molecule has 3 N–H and O–H groups in total. The fourth-order valence-electron chi connectivity index (χ4n) is 1.40. The number of nitrogens with one attached hydrogen (secondary N) is 2. The molecule has 0 aliphatic rings. The molecule has 0 spiro atoms. The molecule has 1 heterocycles. The topological polar surface area (TPSA) is 95.1 Å². The van der Waals surface area contributed by atoms with Gasteiger partial charge < -0.3 is 15.4 Å². The van der Waals surface area contributed by atoms with Gasteiger partial charge in [0.05, 0.1) is 12.0 Å². The number of amides is 1. The molecule has 0 saturated carbocycles. The predicted molar refractivity (Wildman–Crippen MR) is 64.9 cm³/mol. The number of aromatic amines is 1. The van der Waals surface area contributed by atoms with E-state index >= 15 is 0 Å². The van der Waals surface area contributed by atoms with Crippen molar-refractivity contribution in [1.29, 1.82) is 0 Å². The number of carbonyl (C=O) groups excluding carboxylic acids is 1. The molecule has 0 radical (unpaired) electrons. The molecule has 98 valence electrons. The fourth-order valence-corrected chi connectivity index (χ4v) is 1.58. The van der Waals surface area contributed by atoms with Gasteiger partial charge in [-0.1, -0.05) is 11.6 Å². The predicted octanol–water partition coefficient (Wildman–Crippen LogP) is 2.15. The SMILES string of the molecule is O=C(Nc1cc(Cl)ccc1F)c1nc[nH]c1C(=O)O. The number of anilines is 1. The minimum Gasteiger partial charge on any atom is -0.477 e. The van der Waals surface area contributed by atoms with Crippen LogP contribution >= 0.6 is 11.6 Å². The van der Waals surface area contributed by atoms with Crippen LogP contribution in [0.2, 0.25) is 5.02 Å². The van der Waals surface area contributed by atoms with Crippen LogP contribution in [-0.2, 0) is 0 Å². The quantitative estimate of drug-likeness (QED) is 0.804. The van der Waals surface area contributed by atoms with Crippen LogP contribution in [0.1, 0.15) is 21.0 Å². The molecule has 1 aromatic heterocycles. The second-order valence-electron chi connectivity index (χ2n) is 3.51. The Morgan fingerprint density at radius 3 is 2.84 bits per heavy atom. The molecule has 8 heteroatoms. The van der Waals surface area contributed by atoms with Crippen molar-refractivity contribution >= 4 is 29.2 Å². The molecular formula is C11H7ClFN3O3. The third-order valence-electron chi connectivity index (χ3n) is 2.24. The van der Waals surface area contributed by atoms with Gasteiger partial charge >= 0.3 is 5.97 Å². The molecule has 0 saturated heterocycles. The highest BCUT2D eigenvalue weighted by Gasteiger charge is 2.20. The van der Waals surface area contributed by atoms with E-state index in [-0.39, 0.29) is 22.1 Å². The highest BCUT2D eigenvalue weighted by Crippen LogP contribution is 2.20. The van der Waals surface area contributed by atoms with E-state index in [4.69, 9.17) is 16.7 Å². The van der Waals surface area contributed by atoms with Crippen molar-refractivity contribution in [3.63, 3.8) is 0 Å². The third-order valence-corrected chi connectivity index (χ3v) is 2.48. The Kier molecular flexibility index (Phi) is 3.48. The summed E-state index contributed by atoms with van der Waals surface area (Å²) in [6.45, 7) is 0. The maximum atomic E-state index is 13.4. The molecule has 2 aromatic rings. The zero-order valence-corrected chi connectivity index (χ0v) is 10.0. The Morgan fingerprint density at radius 2 is 2.16 bits per heavy atom. The molecule has 0 atom stereocenters. The standard InChI is InChI=1S/C11H7ClFN3O3/c12-5-1-2-6(13)7(3-5)16-10(17)8-9(11(18)19)15-4-14-8/h1-4H,(H,14,15)(H,16,17)(H,18,19). The van der Waals surface area contributed by atoms with Gasteiger partial charge in [-0.2, -0.15) is 0 Å². The highest BCUT2D eigenvalue weighted by atomic mass is 35.5. The van der Waals surface area contributed by atoms with Crippen LogP contribution in [-0.4, -0.2) is 27.0 Å². The Bertz CT molecular complexity index is 656. The number of carboxylic acid groups (broad SMARTS) is 1. The van der Waals surface area contributed by atoms with Crippen molar-refractivity contribution in [3.8, 4) is 0 Å². The van der Waals surface area contributed by atoms with E-state index in [1.165, 1.54) is 12.1 Å². The Labute approximate surface area is 111 Å². The Hall–Kier alpha value is -2.41. The van der Waals surface area contributed by atoms with E-state index in [0.29, 0.717) is 0 Å². The number of H-pyrrole nitrogens is 1. The van der Waals surface area contributed by atoms with E-state index in [0.717, 1.165) is 12.4 Å². The summed E-state index contributed by atoms with van der Waals surface area (Å²) in [4.78, 5) is 28.5. The number of aromatic carboxylic acids is 1. The van der Waals surface area contributed by atoms with Crippen molar-refractivity contribution < 1.29 is 19.1 Å². The maximum Gasteiger partial charge on any atom is 0.354 e. The molecular weight excluding hydrogens is 277 g/mol. The van der Waals surface area contributed by atoms with Crippen LogP contribution in [0.5, 0.6) is 0 Å². The molecule has 6 nitrogen and oxygen atoms in total. The van der Waals surface area contributed by atoms with Gasteiger partial charge in [0.25, 0.3) is 5.91 Å². The lowest BCUT2D eigenvalue weighted by Crippen LogP contribution is -2.17. The summed E-state index contributed by atoms with van der Waals surface area (Å²) in [5.41, 5.74) is -0.872. The lowest BCUT2D eigenvalue weighted by molar-refractivity contribution is 0.0686. The zero-order valence-electron chi connectivity index (χ0n) is 9.28.